The fourth-order valence-electron chi connectivity index (χ4n) is 3.93. The van der Waals surface area contributed by atoms with Crippen LogP contribution in [0.4, 0.5) is 0 Å². The van der Waals surface area contributed by atoms with Gasteiger partial charge in [0.15, 0.2) is 0 Å². The monoisotopic (exact) mass is 339 g/mol. The van der Waals surface area contributed by atoms with Crippen molar-refractivity contribution in [2.45, 2.75) is 0 Å². The zero-order valence-corrected chi connectivity index (χ0v) is 13.9. The summed E-state index contributed by atoms with van der Waals surface area (Å²) in [6.45, 7) is -3.51. The average molecular weight is 339 g/mol. The second kappa shape index (κ2) is 5.29. The van der Waals surface area contributed by atoms with Crippen LogP contribution >= 0.6 is 0 Å². The first-order valence-corrected chi connectivity index (χ1v) is 8.61. The molecule has 0 aromatic heterocycles. The molecular formula is C22H16BO3-. The van der Waals surface area contributed by atoms with E-state index in [0.29, 0.717) is 0 Å². The normalized spacial score (nSPS) is 12.4. The predicted molar refractivity (Wildman–Crippen MR) is 108 cm³/mol. The molecule has 3 nitrogen and oxygen atoms in total. The second-order valence-electron chi connectivity index (χ2n) is 6.83. The largest absolute Gasteiger partial charge is 0.556 e. The van der Waals surface area contributed by atoms with Gasteiger partial charge in [0.05, 0.1) is 0 Å². The van der Waals surface area contributed by atoms with Crippen LogP contribution in [-0.2, 0) is 0 Å². The molecule has 0 aliphatic carbocycles. The van der Waals surface area contributed by atoms with E-state index >= 15 is 0 Å². The van der Waals surface area contributed by atoms with Crippen LogP contribution in [0.2, 0.25) is 0 Å². The van der Waals surface area contributed by atoms with Crippen LogP contribution < -0.4 is 5.46 Å². The fraction of sp³-hybridized carbons (Fsp3) is 0. The van der Waals surface area contributed by atoms with Crippen LogP contribution in [0.1, 0.15) is 0 Å². The number of benzene rings is 5. The molecule has 0 radical (unpaired) electrons. The lowest BCUT2D eigenvalue weighted by Gasteiger charge is -2.22. The summed E-state index contributed by atoms with van der Waals surface area (Å²) in [5.41, 5.74) is 1.94. The van der Waals surface area contributed by atoms with E-state index in [2.05, 4.69) is 48.5 Å². The van der Waals surface area contributed by atoms with Crippen LogP contribution in [0.15, 0.2) is 78.9 Å². The minimum absolute atomic E-state index is 0.105. The Morgan fingerprint density at radius 3 is 1.92 bits per heavy atom. The molecule has 3 N–H and O–H groups in total. The van der Waals surface area contributed by atoms with Crippen molar-refractivity contribution in [2.24, 2.45) is 0 Å². The van der Waals surface area contributed by atoms with Crippen molar-refractivity contribution in [1.29, 1.82) is 0 Å². The van der Waals surface area contributed by atoms with E-state index in [4.69, 9.17) is 0 Å². The Kier molecular flexibility index (Phi) is 3.12. The van der Waals surface area contributed by atoms with Gasteiger partial charge in [0, 0.05) is 0 Å². The van der Waals surface area contributed by atoms with Crippen molar-refractivity contribution in [3.63, 3.8) is 0 Å². The SMILES string of the molecule is O[B-](O)(O)c1cccc(-c2ccc3ccc4cccc5ccc2c3c45)c1. The summed E-state index contributed by atoms with van der Waals surface area (Å²) in [7, 11) is 0. The van der Waals surface area contributed by atoms with Gasteiger partial charge in [-0.15, -0.1) is 5.46 Å². The highest BCUT2D eigenvalue weighted by Gasteiger charge is 2.19. The van der Waals surface area contributed by atoms with Gasteiger partial charge in [0.1, 0.15) is 0 Å². The third-order valence-corrected chi connectivity index (χ3v) is 5.17. The Morgan fingerprint density at radius 2 is 1.19 bits per heavy atom. The molecule has 5 aromatic rings. The zero-order chi connectivity index (χ0) is 17.9. The van der Waals surface area contributed by atoms with Gasteiger partial charge in [-0.05, 0) is 43.4 Å². The summed E-state index contributed by atoms with van der Waals surface area (Å²) >= 11 is 0. The van der Waals surface area contributed by atoms with Crippen molar-refractivity contribution in [3.8, 4) is 11.1 Å². The predicted octanol–water partition coefficient (Wildman–Crippen LogP) is 3.37. The molecule has 0 aliphatic heterocycles. The summed E-state index contributed by atoms with van der Waals surface area (Å²) in [5, 5.41) is 35.8. The number of rotatable bonds is 2. The summed E-state index contributed by atoms with van der Waals surface area (Å²) in [5.74, 6) is 0. The Labute approximate surface area is 150 Å². The Morgan fingerprint density at radius 1 is 0.577 bits per heavy atom. The molecule has 0 atom stereocenters. The van der Waals surface area contributed by atoms with E-state index in [9.17, 15) is 15.1 Å². The summed E-state index contributed by atoms with van der Waals surface area (Å²) in [6, 6.07) is 25.7. The van der Waals surface area contributed by atoms with Crippen LogP contribution in [0.3, 0.4) is 0 Å². The van der Waals surface area contributed by atoms with Crippen LogP contribution in [0, 0.1) is 0 Å². The van der Waals surface area contributed by atoms with Crippen molar-refractivity contribution >= 4 is 44.5 Å². The molecule has 26 heavy (non-hydrogen) atoms. The van der Waals surface area contributed by atoms with Gasteiger partial charge in [-0.3, -0.25) is 0 Å². The quantitative estimate of drug-likeness (QED) is 0.341. The lowest BCUT2D eigenvalue weighted by atomic mass is 9.70. The van der Waals surface area contributed by atoms with E-state index < -0.39 is 6.75 Å². The van der Waals surface area contributed by atoms with Gasteiger partial charge >= 0.3 is 6.75 Å². The highest BCUT2D eigenvalue weighted by molar-refractivity contribution is 6.71. The van der Waals surface area contributed by atoms with Crippen LogP contribution in [0.5, 0.6) is 0 Å². The van der Waals surface area contributed by atoms with Crippen molar-refractivity contribution in [2.75, 3.05) is 0 Å². The smallest absolute Gasteiger partial charge is 0.402 e. The first-order valence-electron chi connectivity index (χ1n) is 8.61. The molecule has 0 unspecified atom stereocenters. The van der Waals surface area contributed by atoms with E-state index in [1.54, 1.807) is 12.1 Å². The maximum atomic E-state index is 9.57. The Hall–Kier alpha value is -2.92. The van der Waals surface area contributed by atoms with E-state index in [0.717, 1.165) is 16.5 Å². The second-order valence-corrected chi connectivity index (χ2v) is 6.83. The van der Waals surface area contributed by atoms with E-state index in [-0.39, 0.29) is 5.46 Å². The molecule has 0 spiro atoms. The minimum atomic E-state index is -3.51. The van der Waals surface area contributed by atoms with Crippen molar-refractivity contribution in [1.82, 2.24) is 0 Å². The maximum Gasteiger partial charge on any atom is 0.402 e. The van der Waals surface area contributed by atoms with Crippen LogP contribution in [0.25, 0.3) is 43.4 Å². The molecule has 0 saturated heterocycles. The van der Waals surface area contributed by atoms with Gasteiger partial charge in [-0.2, -0.15) is 0 Å². The van der Waals surface area contributed by atoms with Gasteiger partial charge in [-0.1, -0.05) is 78.9 Å². The van der Waals surface area contributed by atoms with E-state index in [1.807, 2.05) is 12.1 Å². The summed E-state index contributed by atoms with van der Waals surface area (Å²) in [4.78, 5) is 0. The van der Waals surface area contributed by atoms with Gasteiger partial charge in [0.25, 0.3) is 0 Å². The first-order chi connectivity index (χ1) is 12.5. The Bertz CT molecular complexity index is 1260. The van der Waals surface area contributed by atoms with Gasteiger partial charge in [0.2, 0.25) is 0 Å². The molecule has 5 rings (SSSR count). The molecule has 126 valence electrons. The third kappa shape index (κ3) is 2.21. The van der Waals surface area contributed by atoms with Gasteiger partial charge in [-0.25, -0.2) is 0 Å². The molecule has 0 heterocycles. The standard InChI is InChI=1S/C22H16BO3/c24-23(25,26)18-6-2-5-17(13-18)19-11-9-16-8-7-14-3-1-4-15-10-12-20(19)22(16)21(14)15/h1-13,24-26H/q-1. The lowest BCUT2D eigenvalue weighted by Crippen LogP contribution is -2.48. The maximum absolute atomic E-state index is 9.57. The fourth-order valence-corrected chi connectivity index (χ4v) is 3.93. The molecule has 0 fully saturated rings. The topological polar surface area (TPSA) is 60.7 Å². The third-order valence-electron chi connectivity index (χ3n) is 5.17. The first kappa shape index (κ1) is 15.3. The number of hydrogen-bond acceptors (Lipinski definition) is 3. The van der Waals surface area contributed by atoms with Crippen LogP contribution in [-0.4, -0.2) is 21.8 Å². The summed E-state index contributed by atoms with van der Waals surface area (Å²) in [6.07, 6.45) is 0. The molecule has 0 bridgehead atoms. The highest BCUT2D eigenvalue weighted by Crippen LogP contribution is 2.38. The molecule has 0 amide bonds. The molecule has 5 aromatic carbocycles. The lowest BCUT2D eigenvalue weighted by molar-refractivity contribution is 0.250. The highest BCUT2D eigenvalue weighted by atomic mass is 16.5. The average Bonchev–Trinajstić information content (AvgIpc) is 2.65. The molecule has 4 heteroatoms. The zero-order valence-electron chi connectivity index (χ0n) is 13.9. The molecule has 0 saturated carbocycles. The minimum Gasteiger partial charge on any atom is -0.556 e. The Balaban J connectivity index is 1.87. The van der Waals surface area contributed by atoms with Gasteiger partial charge < -0.3 is 15.1 Å². The van der Waals surface area contributed by atoms with Crippen molar-refractivity contribution in [3.05, 3.63) is 78.9 Å². The van der Waals surface area contributed by atoms with E-state index in [1.165, 1.54) is 33.0 Å². The molecular weight excluding hydrogens is 323 g/mol. The molecule has 0 aliphatic rings. The van der Waals surface area contributed by atoms with Crippen molar-refractivity contribution < 1.29 is 15.1 Å². The summed E-state index contributed by atoms with van der Waals surface area (Å²) < 4.78 is 0. The number of hydrogen-bond donors (Lipinski definition) is 3.